The maximum atomic E-state index is 10.7. The summed E-state index contributed by atoms with van der Waals surface area (Å²) in [7, 11) is 1.63. The molecule has 1 N–H and O–H groups in total. The number of rotatable bonds is 1. The number of ether oxygens (including phenoxy) is 4. The van der Waals surface area contributed by atoms with E-state index in [9.17, 15) is 5.11 Å². The van der Waals surface area contributed by atoms with Crippen LogP contribution in [-0.2, 0) is 21.5 Å². The van der Waals surface area contributed by atoms with Crippen molar-refractivity contribution in [2.24, 2.45) is 0 Å². The van der Waals surface area contributed by atoms with E-state index >= 15 is 0 Å². The molecule has 4 aliphatic heterocycles. The van der Waals surface area contributed by atoms with E-state index in [-0.39, 0.29) is 18.4 Å². The molecule has 0 saturated carbocycles. The van der Waals surface area contributed by atoms with E-state index in [0.717, 1.165) is 49.4 Å². The van der Waals surface area contributed by atoms with Crippen molar-refractivity contribution in [1.29, 1.82) is 0 Å². The highest BCUT2D eigenvalue weighted by Gasteiger charge is 2.77. The van der Waals surface area contributed by atoms with Gasteiger partial charge in [0, 0.05) is 6.54 Å². The third-order valence-electron chi connectivity index (χ3n) is 6.69. The number of benzene rings is 1. The molecular formula is C19H21NO5. The molecule has 4 heterocycles. The predicted octanol–water partition coefficient (Wildman–Crippen LogP) is 1.30. The minimum absolute atomic E-state index is 0.249. The fourth-order valence-electron chi connectivity index (χ4n) is 5.59. The van der Waals surface area contributed by atoms with Gasteiger partial charge in [0.25, 0.3) is 0 Å². The lowest BCUT2D eigenvalue weighted by molar-refractivity contribution is 0.0657. The van der Waals surface area contributed by atoms with Crippen molar-refractivity contribution < 1.29 is 24.1 Å². The third kappa shape index (κ3) is 1.53. The average Bonchev–Trinajstić information content (AvgIpc) is 3.06. The van der Waals surface area contributed by atoms with Crippen LogP contribution in [0.4, 0.5) is 0 Å². The van der Waals surface area contributed by atoms with Gasteiger partial charge >= 0.3 is 0 Å². The molecule has 0 aromatic heterocycles. The summed E-state index contributed by atoms with van der Waals surface area (Å²) in [4.78, 5) is 2.52. The van der Waals surface area contributed by atoms with Gasteiger partial charge in [0.05, 0.1) is 12.6 Å². The molecule has 132 valence electrons. The topological polar surface area (TPSA) is 63.7 Å². The van der Waals surface area contributed by atoms with Gasteiger partial charge in [-0.1, -0.05) is 0 Å². The first kappa shape index (κ1) is 14.4. The molecule has 1 aromatic carbocycles. The smallest absolute Gasteiger partial charge is 0.231 e. The first-order valence-electron chi connectivity index (χ1n) is 9.00. The molecule has 2 fully saturated rings. The molecule has 2 spiro atoms. The van der Waals surface area contributed by atoms with Crippen LogP contribution in [0.25, 0.3) is 0 Å². The van der Waals surface area contributed by atoms with Crippen LogP contribution in [0, 0.1) is 0 Å². The summed E-state index contributed by atoms with van der Waals surface area (Å²) in [6.07, 6.45) is 4.21. The summed E-state index contributed by atoms with van der Waals surface area (Å²) in [5, 5.41) is 10.7. The molecule has 6 heteroatoms. The van der Waals surface area contributed by atoms with Crippen molar-refractivity contribution in [1.82, 2.24) is 4.90 Å². The van der Waals surface area contributed by atoms with Crippen molar-refractivity contribution in [3.05, 3.63) is 35.1 Å². The van der Waals surface area contributed by atoms with Gasteiger partial charge in [-0.2, -0.15) is 0 Å². The lowest BCUT2D eigenvalue weighted by Gasteiger charge is -2.43. The van der Waals surface area contributed by atoms with Crippen LogP contribution < -0.4 is 9.47 Å². The van der Waals surface area contributed by atoms with E-state index in [1.165, 1.54) is 5.56 Å². The molecule has 1 aromatic rings. The molecule has 1 aliphatic carbocycles. The number of fused-ring (bicyclic) bond motifs is 2. The molecule has 2 saturated heterocycles. The highest BCUT2D eigenvalue weighted by molar-refractivity contribution is 5.57. The normalized spacial score (nSPS) is 40.3. The Balaban J connectivity index is 1.61. The maximum Gasteiger partial charge on any atom is 0.231 e. The fourth-order valence-corrected chi connectivity index (χ4v) is 5.59. The molecule has 4 atom stereocenters. The van der Waals surface area contributed by atoms with Gasteiger partial charge in [0.15, 0.2) is 11.5 Å². The Morgan fingerprint density at radius 1 is 1.24 bits per heavy atom. The standard InChI is InChI=1S/C19H21NO5/c1-22-15-9-18-4-2-5-20(18)6-3-11-7-13-14(24-10-23-13)8-12(11)19(18)17(25-19)16(15)21/h7-9,16-17,21H,2-6,10H2,1H3/t16-,17-,18-,19-/m0/s1. The molecule has 25 heavy (non-hydrogen) atoms. The lowest BCUT2D eigenvalue weighted by Crippen LogP contribution is -2.56. The Hall–Kier alpha value is -1.76. The second-order valence-electron chi connectivity index (χ2n) is 7.60. The Morgan fingerprint density at radius 3 is 2.92 bits per heavy atom. The van der Waals surface area contributed by atoms with Gasteiger partial charge in [-0.25, -0.2) is 0 Å². The number of epoxide rings is 1. The second-order valence-corrected chi connectivity index (χ2v) is 7.60. The molecule has 0 unspecified atom stereocenters. The Kier molecular flexibility index (Phi) is 2.59. The number of nitrogens with zero attached hydrogens (tertiary/aromatic N) is 1. The molecule has 0 amide bonds. The van der Waals surface area contributed by atoms with Crippen LogP contribution in [0.2, 0.25) is 0 Å². The van der Waals surface area contributed by atoms with E-state index < -0.39 is 11.7 Å². The van der Waals surface area contributed by atoms with E-state index in [0.29, 0.717) is 5.76 Å². The third-order valence-corrected chi connectivity index (χ3v) is 6.69. The summed E-state index contributed by atoms with van der Waals surface area (Å²) in [6, 6.07) is 4.18. The van der Waals surface area contributed by atoms with Crippen molar-refractivity contribution in [3.63, 3.8) is 0 Å². The van der Waals surface area contributed by atoms with Gasteiger partial charge in [-0.3, -0.25) is 4.90 Å². The fraction of sp³-hybridized carbons (Fsp3) is 0.579. The van der Waals surface area contributed by atoms with Crippen LogP contribution in [0.15, 0.2) is 24.0 Å². The summed E-state index contributed by atoms with van der Waals surface area (Å²) >= 11 is 0. The van der Waals surface area contributed by atoms with Crippen molar-refractivity contribution in [2.75, 3.05) is 27.0 Å². The SMILES string of the molecule is COC1=C[C@]23CCCN2CCc2cc4c(cc2[C@@]32O[C@H]2[C@H]1O)OCO4. The number of hydrogen-bond donors (Lipinski definition) is 1. The molecule has 6 nitrogen and oxygen atoms in total. The van der Waals surface area contributed by atoms with Gasteiger partial charge in [0.1, 0.15) is 23.6 Å². The highest BCUT2D eigenvalue weighted by atomic mass is 16.7. The summed E-state index contributed by atoms with van der Waals surface area (Å²) in [6.45, 7) is 2.28. The van der Waals surface area contributed by atoms with E-state index in [1.54, 1.807) is 7.11 Å². The van der Waals surface area contributed by atoms with Crippen molar-refractivity contribution in [2.45, 2.75) is 42.6 Å². The van der Waals surface area contributed by atoms with E-state index in [4.69, 9.17) is 18.9 Å². The summed E-state index contributed by atoms with van der Waals surface area (Å²) in [5.74, 6) is 2.22. The van der Waals surface area contributed by atoms with Gasteiger partial charge in [-0.15, -0.1) is 0 Å². The van der Waals surface area contributed by atoms with Gasteiger partial charge in [-0.05, 0) is 55.1 Å². The first-order valence-corrected chi connectivity index (χ1v) is 9.00. The van der Waals surface area contributed by atoms with Gasteiger partial charge < -0.3 is 24.1 Å². The van der Waals surface area contributed by atoms with Crippen molar-refractivity contribution in [3.8, 4) is 11.5 Å². The molecule has 5 aliphatic rings. The summed E-state index contributed by atoms with van der Waals surface area (Å²) < 4.78 is 23.1. The Bertz CT molecular complexity index is 807. The Morgan fingerprint density at radius 2 is 2.08 bits per heavy atom. The molecule has 0 bridgehead atoms. The molecule has 0 radical (unpaired) electrons. The quantitative estimate of drug-likeness (QED) is 0.776. The molecular weight excluding hydrogens is 322 g/mol. The van der Waals surface area contributed by atoms with Crippen LogP contribution >= 0.6 is 0 Å². The van der Waals surface area contributed by atoms with Crippen LogP contribution in [-0.4, -0.2) is 54.7 Å². The van der Waals surface area contributed by atoms with E-state index in [1.807, 2.05) is 0 Å². The number of hydrogen-bond acceptors (Lipinski definition) is 6. The summed E-state index contributed by atoms with van der Waals surface area (Å²) in [5.41, 5.74) is 1.62. The monoisotopic (exact) mass is 343 g/mol. The number of methoxy groups -OCH3 is 1. The largest absolute Gasteiger partial charge is 0.498 e. The predicted molar refractivity (Wildman–Crippen MR) is 87.5 cm³/mol. The minimum Gasteiger partial charge on any atom is -0.498 e. The zero-order valence-corrected chi connectivity index (χ0v) is 14.2. The van der Waals surface area contributed by atoms with Gasteiger partial charge in [0.2, 0.25) is 6.79 Å². The van der Waals surface area contributed by atoms with Crippen molar-refractivity contribution >= 4 is 0 Å². The second kappa shape index (κ2) is 4.50. The lowest BCUT2D eigenvalue weighted by atomic mass is 9.69. The number of aliphatic hydroxyl groups excluding tert-OH is 1. The zero-order valence-electron chi connectivity index (χ0n) is 14.2. The zero-order chi connectivity index (χ0) is 16.8. The van der Waals surface area contributed by atoms with Crippen LogP contribution in [0.1, 0.15) is 24.0 Å². The highest BCUT2D eigenvalue weighted by Crippen LogP contribution is 2.66. The van der Waals surface area contributed by atoms with Crippen LogP contribution in [0.3, 0.4) is 0 Å². The van der Waals surface area contributed by atoms with E-state index in [2.05, 4.69) is 23.1 Å². The average molecular weight is 343 g/mol. The first-order chi connectivity index (χ1) is 12.2. The number of aliphatic hydroxyl groups is 1. The molecule has 6 rings (SSSR count). The maximum absolute atomic E-state index is 10.7. The minimum atomic E-state index is -0.727. The van der Waals surface area contributed by atoms with Crippen LogP contribution in [0.5, 0.6) is 11.5 Å². The Labute approximate surface area is 145 Å².